The van der Waals surface area contributed by atoms with E-state index in [1.165, 1.54) is 0 Å². The lowest BCUT2D eigenvalue weighted by molar-refractivity contribution is 1.16. The van der Waals surface area contributed by atoms with Gasteiger partial charge in [-0.3, -0.25) is 0 Å². The van der Waals surface area contributed by atoms with Crippen LogP contribution in [-0.2, 0) is 0 Å². The second-order valence-corrected chi connectivity index (χ2v) is 20.0. The molecular formula is C73H40N8. The second kappa shape index (κ2) is 19.8. The topological polar surface area (TPSA) is 74.9 Å². The normalized spacial score (nSPS) is 11.0. The summed E-state index contributed by atoms with van der Waals surface area (Å²) in [7, 11) is 0. The van der Waals surface area contributed by atoms with Gasteiger partial charge in [-0.2, -0.15) is 10.5 Å². The highest BCUT2D eigenvalue weighted by Gasteiger charge is 2.24. The third kappa shape index (κ3) is 8.46. The predicted molar refractivity (Wildman–Crippen MR) is 327 cm³/mol. The molecular weight excluding hydrogens is 989 g/mol. The Bertz CT molecular complexity index is 4870. The average Bonchev–Trinajstić information content (AvgIpc) is 4.28. The summed E-state index contributed by atoms with van der Waals surface area (Å²) in [6.07, 6.45) is 0. The van der Waals surface area contributed by atoms with E-state index in [1.807, 2.05) is 134 Å². The van der Waals surface area contributed by atoms with E-state index >= 15 is 0 Å². The maximum Gasteiger partial charge on any atom is 0.195 e. The van der Waals surface area contributed by atoms with Crippen molar-refractivity contribution in [2.24, 2.45) is 0 Å². The Balaban J connectivity index is 1.12. The van der Waals surface area contributed by atoms with Crippen molar-refractivity contribution in [2.45, 2.75) is 6.92 Å². The van der Waals surface area contributed by atoms with Crippen molar-refractivity contribution in [3.63, 3.8) is 0 Å². The molecule has 372 valence electrons. The number of fused-ring (bicyclic) bond motifs is 6. The Morgan fingerprint density at radius 2 is 0.704 bits per heavy atom. The fraction of sp³-hybridized carbons (Fsp3) is 0.0137. The van der Waals surface area contributed by atoms with Gasteiger partial charge in [0.25, 0.3) is 0 Å². The first-order valence-corrected chi connectivity index (χ1v) is 26.0. The lowest BCUT2D eigenvalue weighted by Crippen LogP contribution is -2.02. The van der Waals surface area contributed by atoms with E-state index in [9.17, 15) is 10.5 Å². The first-order valence-electron chi connectivity index (χ1n) is 26.0. The third-order valence-corrected chi connectivity index (χ3v) is 15.3. The molecule has 2 aromatic heterocycles. The van der Waals surface area contributed by atoms with E-state index in [0.29, 0.717) is 33.9 Å². The van der Waals surface area contributed by atoms with E-state index in [0.717, 1.165) is 127 Å². The standard InChI is InChI=1S/C73H40N8/c1-45-18-25-60(67(32-45)79-5)56-24-31-73(81-71-29-22-54(50-13-8-16-58(36-50)77-3)40-64(71)65-41-55(23-30-72(65)81)51-14-9-17-59(37-51)78-4)66(42-56)61-34-47(44-75)19-26-68(61)80-69-27-20-52(48-11-6-10-46(33-48)43-74)38-62(69)63-39-53(21-28-70(63)80)49-12-7-15-57(35-49)76-2/h6-42H,1H3. The van der Waals surface area contributed by atoms with Crippen molar-refractivity contribution in [1.29, 1.82) is 10.5 Å². The molecule has 2 heterocycles. The van der Waals surface area contributed by atoms with Gasteiger partial charge in [0.05, 0.1) is 83.0 Å². The Morgan fingerprint density at radius 3 is 1.14 bits per heavy atom. The van der Waals surface area contributed by atoms with Gasteiger partial charge < -0.3 is 9.13 Å². The van der Waals surface area contributed by atoms with Crippen LogP contribution in [-0.4, -0.2) is 9.13 Å². The van der Waals surface area contributed by atoms with Crippen molar-refractivity contribution >= 4 is 66.4 Å². The van der Waals surface area contributed by atoms with Crippen molar-refractivity contribution in [3.05, 3.63) is 287 Å². The van der Waals surface area contributed by atoms with Crippen LogP contribution >= 0.6 is 0 Å². The summed E-state index contributed by atoms with van der Waals surface area (Å²) in [5.41, 5.74) is 20.1. The van der Waals surface area contributed by atoms with Gasteiger partial charge in [-0.1, -0.05) is 121 Å². The molecule has 11 aromatic carbocycles. The van der Waals surface area contributed by atoms with Gasteiger partial charge in [-0.05, 0) is 172 Å². The minimum atomic E-state index is 0.462. The fourth-order valence-electron chi connectivity index (χ4n) is 11.4. The van der Waals surface area contributed by atoms with E-state index in [1.54, 1.807) is 6.07 Å². The minimum Gasteiger partial charge on any atom is -0.309 e. The van der Waals surface area contributed by atoms with Crippen LogP contribution in [0.2, 0.25) is 0 Å². The molecule has 8 nitrogen and oxygen atoms in total. The average molecular weight is 1030 g/mol. The number of benzene rings is 11. The lowest BCUT2D eigenvalue weighted by atomic mass is 9.93. The van der Waals surface area contributed by atoms with Crippen LogP contribution in [0.4, 0.5) is 22.7 Å². The van der Waals surface area contributed by atoms with Crippen molar-refractivity contribution in [2.75, 3.05) is 0 Å². The first kappa shape index (κ1) is 48.6. The molecule has 0 spiro atoms. The van der Waals surface area contributed by atoms with Crippen LogP contribution in [0.1, 0.15) is 16.7 Å². The number of nitriles is 2. The van der Waals surface area contributed by atoms with Crippen LogP contribution in [0.15, 0.2) is 224 Å². The maximum absolute atomic E-state index is 10.8. The van der Waals surface area contributed by atoms with E-state index in [4.69, 9.17) is 26.3 Å². The highest BCUT2D eigenvalue weighted by molar-refractivity contribution is 6.14. The molecule has 0 unspecified atom stereocenters. The SMILES string of the molecule is [C-]#[N+]c1cccc(-c2ccc3c(c2)c2cc(-c4cccc(C#N)c4)ccc2n3-c2ccc(C#N)cc2-c2cc(-c3ccc(C)cc3[N+]#[C-])ccc2-n2c3ccc(-c4cccc([N+]#[C-])c4)cc3c3cc(-c4cccc([N+]#[C-])c4)ccc32)c1. The zero-order chi connectivity index (χ0) is 55.3. The van der Waals surface area contributed by atoms with Gasteiger partial charge in [0.15, 0.2) is 22.7 Å². The monoisotopic (exact) mass is 1030 g/mol. The van der Waals surface area contributed by atoms with E-state index in [-0.39, 0.29) is 0 Å². The summed E-state index contributed by atoms with van der Waals surface area (Å²) in [6, 6.07) is 79.1. The molecule has 0 atom stereocenters. The third-order valence-electron chi connectivity index (χ3n) is 15.3. The van der Waals surface area contributed by atoms with Crippen LogP contribution in [0, 0.1) is 55.9 Å². The van der Waals surface area contributed by atoms with Gasteiger partial charge in [0.1, 0.15) is 0 Å². The Morgan fingerprint density at radius 1 is 0.321 bits per heavy atom. The summed E-state index contributed by atoms with van der Waals surface area (Å²) >= 11 is 0. The molecule has 8 heteroatoms. The highest BCUT2D eigenvalue weighted by Crippen LogP contribution is 2.46. The molecule has 0 bridgehead atoms. The van der Waals surface area contributed by atoms with Gasteiger partial charge in [0, 0.05) is 32.7 Å². The molecule has 0 amide bonds. The number of nitrogens with zero attached hydrogens (tertiary/aromatic N) is 8. The molecule has 0 radical (unpaired) electrons. The number of aryl methyl sites for hydroxylation is 1. The van der Waals surface area contributed by atoms with Gasteiger partial charge in [-0.25, -0.2) is 19.4 Å². The maximum atomic E-state index is 10.8. The molecule has 0 aliphatic carbocycles. The zero-order valence-electron chi connectivity index (χ0n) is 43.4. The van der Waals surface area contributed by atoms with Crippen LogP contribution in [0.3, 0.4) is 0 Å². The van der Waals surface area contributed by atoms with Gasteiger partial charge in [0.2, 0.25) is 0 Å². The van der Waals surface area contributed by atoms with E-state index < -0.39 is 0 Å². The molecule has 0 aliphatic heterocycles. The zero-order valence-corrected chi connectivity index (χ0v) is 43.4. The Kier molecular flexibility index (Phi) is 11.9. The molecule has 0 fully saturated rings. The first-order chi connectivity index (χ1) is 39.7. The smallest absolute Gasteiger partial charge is 0.195 e. The van der Waals surface area contributed by atoms with Gasteiger partial charge in [-0.15, -0.1) is 0 Å². The lowest BCUT2D eigenvalue weighted by Gasteiger charge is -2.20. The molecule has 13 aromatic rings. The highest BCUT2D eigenvalue weighted by atomic mass is 15.0. The van der Waals surface area contributed by atoms with Crippen molar-refractivity contribution in [3.8, 4) is 90.3 Å². The summed E-state index contributed by atoms with van der Waals surface area (Å²) in [4.78, 5) is 15.2. The quantitative estimate of drug-likeness (QED) is 0.142. The Hall–Kier alpha value is -12.0. The second-order valence-electron chi connectivity index (χ2n) is 20.0. The largest absolute Gasteiger partial charge is 0.309 e. The molecule has 0 saturated carbocycles. The molecule has 81 heavy (non-hydrogen) atoms. The summed E-state index contributed by atoms with van der Waals surface area (Å²) in [6.45, 7) is 33.7. The molecule has 0 saturated heterocycles. The minimum absolute atomic E-state index is 0.462. The number of aromatic nitrogens is 2. The van der Waals surface area contributed by atoms with Crippen molar-refractivity contribution < 1.29 is 0 Å². The van der Waals surface area contributed by atoms with Crippen LogP contribution < -0.4 is 0 Å². The van der Waals surface area contributed by atoms with E-state index in [2.05, 4.69) is 132 Å². The number of hydrogen-bond acceptors (Lipinski definition) is 2. The molecule has 0 N–H and O–H groups in total. The summed E-state index contributed by atoms with van der Waals surface area (Å²) in [5.74, 6) is 0. The fourth-order valence-corrected chi connectivity index (χ4v) is 11.4. The predicted octanol–water partition coefficient (Wildman–Crippen LogP) is 20.1. The molecule has 0 aliphatic rings. The van der Waals surface area contributed by atoms with Crippen LogP contribution in [0.5, 0.6) is 0 Å². The summed E-state index contributed by atoms with van der Waals surface area (Å²) < 4.78 is 4.55. The summed E-state index contributed by atoms with van der Waals surface area (Å²) in [5, 5.41) is 24.6. The van der Waals surface area contributed by atoms with Gasteiger partial charge >= 0.3 is 0 Å². The van der Waals surface area contributed by atoms with Crippen molar-refractivity contribution in [1.82, 2.24) is 9.13 Å². The van der Waals surface area contributed by atoms with Crippen LogP contribution in [0.25, 0.3) is 141 Å². The number of hydrogen-bond donors (Lipinski definition) is 0. The number of rotatable bonds is 8. The molecule has 13 rings (SSSR count). The Labute approximate surface area is 467 Å².